The molecular weight excluding hydrogens is 326 g/mol. The number of para-hydroxylation sites is 1. The van der Waals surface area contributed by atoms with Crippen molar-refractivity contribution in [3.05, 3.63) is 36.9 Å². The van der Waals surface area contributed by atoms with Crippen molar-refractivity contribution in [1.82, 2.24) is 15.3 Å². The van der Waals surface area contributed by atoms with Crippen LogP contribution in [0.25, 0.3) is 10.9 Å². The minimum atomic E-state index is -0.0916. The zero-order valence-corrected chi connectivity index (χ0v) is 15.5. The van der Waals surface area contributed by atoms with Crippen molar-refractivity contribution in [2.24, 2.45) is 5.92 Å². The first-order valence-electron chi connectivity index (χ1n) is 9.17. The third-order valence-corrected chi connectivity index (χ3v) is 4.94. The van der Waals surface area contributed by atoms with Gasteiger partial charge in [-0.1, -0.05) is 18.7 Å². The van der Waals surface area contributed by atoms with Gasteiger partial charge in [-0.2, -0.15) is 4.98 Å². The monoisotopic (exact) mass is 353 g/mol. The number of rotatable bonds is 6. The summed E-state index contributed by atoms with van der Waals surface area (Å²) in [5.74, 6) is 2.06. The molecule has 6 nitrogen and oxygen atoms in total. The van der Waals surface area contributed by atoms with E-state index in [0.29, 0.717) is 17.9 Å². The van der Waals surface area contributed by atoms with Crippen LogP contribution in [0.1, 0.15) is 25.7 Å². The van der Waals surface area contributed by atoms with E-state index in [9.17, 15) is 4.79 Å². The number of anilines is 2. The summed E-state index contributed by atoms with van der Waals surface area (Å²) < 4.78 is 0. The summed E-state index contributed by atoms with van der Waals surface area (Å²) in [6, 6.07) is 8.46. The molecule has 0 atom stereocenters. The summed E-state index contributed by atoms with van der Waals surface area (Å²) >= 11 is 0. The second-order valence-corrected chi connectivity index (χ2v) is 7.09. The van der Waals surface area contributed by atoms with E-state index in [1.807, 2.05) is 37.2 Å². The van der Waals surface area contributed by atoms with E-state index in [1.54, 1.807) is 0 Å². The predicted molar refractivity (Wildman–Crippen MR) is 106 cm³/mol. The molecule has 0 aliphatic heterocycles. The van der Waals surface area contributed by atoms with E-state index in [-0.39, 0.29) is 5.91 Å². The molecule has 1 heterocycles. The first kappa shape index (κ1) is 18.2. The lowest BCUT2D eigenvalue weighted by atomic mass is 9.86. The van der Waals surface area contributed by atoms with Crippen LogP contribution in [0.2, 0.25) is 0 Å². The Morgan fingerprint density at radius 1 is 1.23 bits per heavy atom. The van der Waals surface area contributed by atoms with Gasteiger partial charge in [0.2, 0.25) is 11.9 Å². The number of aromatic nitrogens is 2. The van der Waals surface area contributed by atoms with E-state index in [4.69, 9.17) is 4.98 Å². The fourth-order valence-corrected chi connectivity index (χ4v) is 3.48. The number of nitrogens with one attached hydrogen (secondary N) is 2. The minimum absolute atomic E-state index is 0.0916. The Morgan fingerprint density at radius 2 is 1.96 bits per heavy atom. The maximum Gasteiger partial charge on any atom is 0.243 e. The Kier molecular flexibility index (Phi) is 5.71. The number of nitrogens with zero attached hydrogens (tertiary/aromatic N) is 3. The zero-order valence-electron chi connectivity index (χ0n) is 15.5. The predicted octanol–water partition coefficient (Wildman–Crippen LogP) is 2.97. The third kappa shape index (κ3) is 4.31. The van der Waals surface area contributed by atoms with E-state index in [0.717, 1.165) is 48.9 Å². The maximum absolute atomic E-state index is 11.3. The highest BCUT2D eigenvalue weighted by Gasteiger charge is 2.22. The molecule has 1 aliphatic rings. The van der Waals surface area contributed by atoms with E-state index in [1.165, 1.54) is 6.08 Å². The SMILES string of the molecule is C=CC(=O)NC[C@H]1CC[C@@H](Nc2nc(N(C)C)c3ccccc3n2)CC1. The first-order valence-corrected chi connectivity index (χ1v) is 9.17. The summed E-state index contributed by atoms with van der Waals surface area (Å²) in [5.41, 5.74) is 0.953. The molecule has 138 valence electrons. The molecule has 1 amide bonds. The van der Waals surface area contributed by atoms with Crippen LogP contribution >= 0.6 is 0 Å². The van der Waals surface area contributed by atoms with Crippen molar-refractivity contribution in [2.45, 2.75) is 31.7 Å². The summed E-state index contributed by atoms with van der Waals surface area (Å²) in [5, 5.41) is 7.47. The van der Waals surface area contributed by atoms with Gasteiger partial charge in [0.25, 0.3) is 0 Å². The maximum atomic E-state index is 11.3. The number of benzene rings is 1. The molecule has 1 aromatic carbocycles. The highest BCUT2D eigenvalue weighted by Crippen LogP contribution is 2.28. The number of fused-ring (bicyclic) bond motifs is 1. The van der Waals surface area contributed by atoms with Gasteiger partial charge < -0.3 is 15.5 Å². The average Bonchev–Trinajstić information content (AvgIpc) is 2.66. The van der Waals surface area contributed by atoms with E-state index in [2.05, 4.69) is 28.3 Å². The van der Waals surface area contributed by atoms with Gasteiger partial charge in [0, 0.05) is 32.1 Å². The lowest BCUT2D eigenvalue weighted by Crippen LogP contribution is -2.33. The molecule has 1 aromatic heterocycles. The lowest BCUT2D eigenvalue weighted by molar-refractivity contribution is -0.116. The Bertz CT molecular complexity index is 781. The molecule has 2 aromatic rings. The smallest absolute Gasteiger partial charge is 0.243 e. The molecule has 0 spiro atoms. The molecule has 2 N–H and O–H groups in total. The first-order chi connectivity index (χ1) is 12.6. The molecule has 6 heteroatoms. The molecule has 0 bridgehead atoms. The van der Waals surface area contributed by atoms with Crippen molar-refractivity contribution in [1.29, 1.82) is 0 Å². The van der Waals surface area contributed by atoms with Crippen molar-refractivity contribution >= 4 is 28.6 Å². The molecule has 0 saturated heterocycles. The molecule has 1 fully saturated rings. The molecule has 0 radical (unpaired) electrons. The van der Waals surface area contributed by atoms with Crippen molar-refractivity contribution in [3.63, 3.8) is 0 Å². The van der Waals surface area contributed by atoms with Crippen LogP contribution in [0.3, 0.4) is 0 Å². The lowest BCUT2D eigenvalue weighted by Gasteiger charge is -2.29. The standard InChI is InChI=1S/C20H27N5O/c1-4-18(26)21-13-14-9-11-15(12-10-14)22-20-23-17-8-6-5-7-16(17)19(24-20)25(2)3/h4-8,14-15H,1,9-13H2,2-3H3,(H,21,26)(H,22,23,24)/t14-,15+. The van der Waals surface area contributed by atoms with Crippen molar-refractivity contribution < 1.29 is 4.79 Å². The Balaban J connectivity index is 1.63. The number of hydrogen-bond acceptors (Lipinski definition) is 5. The van der Waals surface area contributed by atoms with Gasteiger partial charge in [0.15, 0.2) is 0 Å². The molecule has 3 rings (SSSR count). The van der Waals surface area contributed by atoms with Gasteiger partial charge in [0.1, 0.15) is 5.82 Å². The van der Waals surface area contributed by atoms with Crippen molar-refractivity contribution in [3.8, 4) is 0 Å². The second kappa shape index (κ2) is 8.17. The zero-order chi connectivity index (χ0) is 18.5. The van der Waals surface area contributed by atoms with Crippen LogP contribution in [-0.2, 0) is 4.79 Å². The van der Waals surface area contributed by atoms with Crippen molar-refractivity contribution in [2.75, 3.05) is 30.9 Å². The van der Waals surface area contributed by atoms with Gasteiger partial charge in [-0.15, -0.1) is 0 Å². The van der Waals surface area contributed by atoms with Gasteiger partial charge in [-0.3, -0.25) is 4.79 Å². The largest absolute Gasteiger partial charge is 0.362 e. The number of carbonyl (C=O) groups excluding carboxylic acids is 1. The normalized spacial score (nSPS) is 19.8. The van der Waals surface area contributed by atoms with Crippen LogP contribution in [0.5, 0.6) is 0 Å². The Labute approximate surface area is 154 Å². The topological polar surface area (TPSA) is 70.2 Å². The van der Waals surface area contributed by atoms with E-state index >= 15 is 0 Å². The van der Waals surface area contributed by atoms with Crippen LogP contribution in [0.4, 0.5) is 11.8 Å². The highest BCUT2D eigenvalue weighted by molar-refractivity contribution is 5.90. The number of hydrogen-bond donors (Lipinski definition) is 2. The van der Waals surface area contributed by atoms with Gasteiger partial charge in [0.05, 0.1) is 5.52 Å². The second-order valence-electron chi connectivity index (χ2n) is 7.09. The minimum Gasteiger partial charge on any atom is -0.362 e. The average molecular weight is 353 g/mol. The fourth-order valence-electron chi connectivity index (χ4n) is 3.48. The van der Waals surface area contributed by atoms with Crippen LogP contribution < -0.4 is 15.5 Å². The molecule has 0 unspecified atom stereocenters. The quantitative estimate of drug-likeness (QED) is 0.782. The van der Waals surface area contributed by atoms with Gasteiger partial charge in [-0.05, 0) is 49.8 Å². The Morgan fingerprint density at radius 3 is 2.65 bits per heavy atom. The van der Waals surface area contributed by atoms with Gasteiger partial charge >= 0.3 is 0 Å². The Hall–Kier alpha value is -2.63. The number of amides is 1. The highest BCUT2D eigenvalue weighted by atomic mass is 16.1. The summed E-state index contributed by atoms with van der Waals surface area (Å²) in [6.45, 7) is 4.22. The van der Waals surface area contributed by atoms with Crippen LogP contribution in [0, 0.1) is 5.92 Å². The third-order valence-electron chi connectivity index (χ3n) is 4.94. The molecule has 1 saturated carbocycles. The van der Waals surface area contributed by atoms with E-state index < -0.39 is 0 Å². The molecular formula is C20H27N5O. The summed E-state index contributed by atoms with van der Waals surface area (Å²) in [7, 11) is 4.00. The number of carbonyl (C=O) groups is 1. The summed E-state index contributed by atoms with van der Waals surface area (Å²) in [4.78, 5) is 22.7. The molecule has 1 aliphatic carbocycles. The molecule has 26 heavy (non-hydrogen) atoms. The fraction of sp³-hybridized carbons (Fsp3) is 0.450. The summed E-state index contributed by atoms with van der Waals surface area (Å²) in [6.07, 6.45) is 5.61. The van der Waals surface area contributed by atoms with Crippen LogP contribution in [-0.4, -0.2) is 42.6 Å². The van der Waals surface area contributed by atoms with Gasteiger partial charge in [-0.25, -0.2) is 4.98 Å². The van der Waals surface area contributed by atoms with Crippen LogP contribution in [0.15, 0.2) is 36.9 Å².